The second-order valence-corrected chi connectivity index (χ2v) is 6.75. The van der Waals surface area contributed by atoms with Crippen molar-refractivity contribution in [1.82, 2.24) is 10.6 Å². The van der Waals surface area contributed by atoms with Crippen LogP contribution in [0, 0.1) is 17.0 Å². The van der Waals surface area contributed by atoms with Crippen LogP contribution in [0.2, 0.25) is 0 Å². The van der Waals surface area contributed by atoms with E-state index in [-0.39, 0.29) is 11.3 Å². The van der Waals surface area contributed by atoms with Crippen molar-refractivity contribution in [2.45, 2.75) is 26.8 Å². The highest BCUT2D eigenvalue weighted by Gasteiger charge is 2.34. The number of amides is 3. The maximum Gasteiger partial charge on any atom is 0.319 e. The van der Waals surface area contributed by atoms with Gasteiger partial charge in [-0.3, -0.25) is 14.9 Å². The van der Waals surface area contributed by atoms with E-state index in [9.17, 15) is 19.7 Å². The number of urea groups is 1. The number of hydrogen-bond acceptors (Lipinski definition) is 5. The minimum atomic E-state index is -0.927. The Balaban J connectivity index is 2.08. The van der Waals surface area contributed by atoms with E-state index in [1.54, 1.807) is 26.0 Å². The van der Waals surface area contributed by atoms with Crippen LogP contribution in [0.3, 0.4) is 0 Å². The zero-order valence-corrected chi connectivity index (χ0v) is 16.8. The number of nitrogens with one attached hydrogen (secondary N) is 3. The summed E-state index contributed by atoms with van der Waals surface area (Å²) in [6.07, 6.45) is 0. The van der Waals surface area contributed by atoms with Crippen molar-refractivity contribution in [3.63, 3.8) is 0 Å². The number of nitrogens with zero attached hydrogens (tertiary/aromatic N) is 1. The molecular formula is C21H22N4O5. The van der Waals surface area contributed by atoms with Gasteiger partial charge in [-0.25, -0.2) is 4.79 Å². The van der Waals surface area contributed by atoms with Gasteiger partial charge in [-0.05, 0) is 38.5 Å². The fourth-order valence-corrected chi connectivity index (χ4v) is 3.29. The maximum absolute atomic E-state index is 13.2. The Labute approximate surface area is 173 Å². The highest BCUT2D eigenvalue weighted by Crippen LogP contribution is 2.36. The van der Waals surface area contributed by atoms with E-state index in [4.69, 9.17) is 4.74 Å². The van der Waals surface area contributed by atoms with Crippen LogP contribution in [0.4, 0.5) is 16.2 Å². The van der Waals surface area contributed by atoms with Crippen LogP contribution < -0.4 is 20.7 Å². The molecule has 3 amide bonds. The van der Waals surface area contributed by atoms with Crippen LogP contribution >= 0.6 is 0 Å². The van der Waals surface area contributed by atoms with Crippen molar-refractivity contribution in [3.05, 3.63) is 75.0 Å². The van der Waals surface area contributed by atoms with Gasteiger partial charge in [-0.15, -0.1) is 0 Å². The minimum Gasteiger partial charge on any atom is -0.493 e. The number of para-hydroxylation sites is 1. The van der Waals surface area contributed by atoms with Crippen LogP contribution in [0.1, 0.15) is 31.0 Å². The number of nitro groups is 1. The summed E-state index contributed by atoms with van der Waals surface area (Å²) in [7, 11) is 0. The third-order valence-electron chi connectivity index (χ3n) is 4.72. The maximum atomic E-state index is 13.2. The summed E-state index contributed by atoms with van der Waals surface area (Å²) in [5, 5.41) is 19.4. The molecule has 0 aliphatic carbocycles. The molecule has 0 spiro atoms. The van der Waals surface area contributed by atoms with E-state index >= 15 is 0 Å². The van der Waals surface area contributed by atoms with Crippen LogP contribution in [0.25, 0.3) is 0 Å². The Hall–Kier alpha value is -3.88. The normalized spacial score (nSPS) is 15.8. The zero-order valence-electron chi connectivity index (χ0n) is 16.8. The number of allylic oxidation sites excluding steroid dienone is 1. The fraction of sp³-hybridized carbons (Fsp3) is 0.238. The van der Waals surface area contributed by atoms with Crippen molar-refractivity contribution in [3.8, 4) is 5.75 Å². The van der Waals surface area contributed by atoms with Crippen LogP contribution in [0.15, 0.2) is 53.7 Å². The SMILES string of the molecule is CCOc1ccc([N+](=O)[O-])cc1[C@H]1NC(=O)NC(C)=C1C(=O)Nc1ccccc1C. The quantitative estimate of drug-likeness (QED) is 0.496. The number of hydrogen-bond donors (Lipinski definition) is 3. The number of carbonyl (C=O) groups excluding carboxylic acids is 2. The first-order valence-corrected chi connectivity index (χ1v) is 9.38. The monoisotopic (exact) mass is 410 g/mol. The summed E-state index contributed by atoms with van der Waals surface area (Å²) in [5.41, 5.74) is 2.25. The molecule has 0 fully saturated rings. The molecule has 30 heavy (non-hydrogen) atoms. The lowest BCUT2D eigenvalue weighted by molar-refractivity contribution is -0.385. The average Bonchev–Trinajstić information content (AvgIpc) is 2.69. The molecule has 1 aliphatic rings. The van der Waals surface area contributed by atoms with Crippen molar-refractivity contribution in [1.29, 1.82) is 0 Å². The van der Waals surface area contributed by atoms with Crippen LogP contribution in [-0.2, 0) is 4.79 Å². The van der Waals surface area contributed by atoms with Crippen LogP contribution in [-0.4, -0.2) is 23.5 Å². The van der Waals surface area contributed by atoms with E-state index < -0.39 is 22.9 Å². The summed E-state index contributed by atoms with van der Waals surface area (Å²) in [4.78, 5) is 36.1. The molecule has 2 aromatic carbocycles. The van der Waals surface area contributed by atoms with Gasteiger partial charge in [-0.2, -0.15) is 0 Å². The lowest BCUT2D eigenvalue weighted by atomic mass is 9.93. The Kier molecular flexibility index (Phi) is 6.01. The minimum absolute atomic E-state index is 0.169. The standard InChI is InChI=1S/C21H22N4O5/c1-4-30-17-10-9-14(25(28)29)11-15(17)19-18(13(3)22-21(27)24-19)20(26)23-16-8-6-5-7-12(16)2/h5-11,19H,4H2,1-3H3,(H,23,26)(H2,22,24,27)/t19-/m1/s1. The third kappa shape index (κ3) is 4.24. The third-order valence-corrected chi connectivity index (χ3v) is 4.72. The zero-order chi connectivity index (χ0) is 21.8. The molecule has 1 aliphatic heterocycles. The van der Waals surface area contributed by atoms with Crippen molar-refractivity contribution < 1.29 is 19.2 Å². The number of rotatable bonds is 6. The van der Waals surface area contributed by atoms with Gasteiger partial charge >= 0.3 is 6.03 Å². The number of aryl methyl sites for hydroxylation is 1. The van der Waals surface area contributed by atoms with Gasteiger partial charge in [0.25, 0.3) is 11.6 Å². The van der Waals surface area contributed by atoms with E-state index in [0.29, 0.717) is 29.3 Å². The Morgan fingerprint density at radius 1 is 1.23 bits per heavy atom. The van der Waals surface area contributed by atoms with Gasteiger partial charge in [0.15, 0.2) is 0 Å². The molecule has 1 heterocycles. The lowest BCUT2D eigenvalue weighted by Crippen LogP contribution is -2.46. The predicted octanol–water partition coefficient (Wildman–Crippen LogP) is 3.57. The predicted molar refractivity (Wildman–Crippen MR) is 111 cm³/mol. The van der Waals surface area contributed by atoms with E-state index in [1.165, 1.54) is 18.2 Å². The van der Waals surface area contributed by atoms with Gasteiger partial charge in [0.1, 0.15) is 5.75 Å². The molecule has 9 nitrogen and oxygen atoms in total. The number of anilines is 1. The van der Waals surface area contributed by atoms with Gasteiger partial charge in [0, 0.05) is 29.1 Å². The molecule has 0 aromatic heterocycles. The Morgan fingerprint density at radius 3 is 2.63 bits per heavy atom. The summed E-state index contributed by atoms with van der Waals surface area (Å²) >= 11 is 0. The van der Waals surface area contributed by atoms with E-state index in [1.807, 2.05) is 19.1 Å². The smallest absolute Gasteiger partial charge is 0.319 e. The molecule has 0 saturated carbocycles. The first-order chi connectivity index (χ1) is 14.3. The molecule has 156 valence electrons. The lowest BCUT2D eigenvalue weighted by Gasteiger charge is -2.29. The second-order valence-electron chi connectivity index (χ2n) is 6.75. The molecule has 3 rings (SSSR count). The highest BCUT2D eigenvalue weighted by molar-refractivity contribution is 6.07. The molecule has 1 atom stereocenters. The molecule has 0 unspecified atom stereocenters. The summed E-state index contributed by atoms with van der Waals surface area (Å²) in [5.74, 6) is -0.0856. The Morgan fingerprint density at radius 2 is 1.97 bits per heavy atom. The number of carbonyl (C=O) groups is 2. The molecule has 3 N–H and O–H groups in total. The van der Waals surface area contributed by atoms with Gasteiger partial charge in [0.2, 0.25) is 0 Å². The van der Waals surface area contributed by atoms with Gasteiger partial charge in [0.05, 0.1) is 23.1 Å². The number of benzene rings is 2. The van der Waals surface area contributed by atoms with Crippen molar-refractivity contribution in [2.75, 3.05) is 11.9 Å². The number of nitro benzene ring substituents is 1. The largest absolute Gasteiger partial charge is 0.493 e. The number of non-ortho nitro benzene ring substituents is 1. The van der Waals surface area contributed by atoms with Gasteiger partial charge in [-0.1, -0.05) is 18.2 Å². The average molecular weight is 410 g/mol. The van der Waals surface area contributed by atoms with Gasteiger partial charge < -0.3 is 20.7 Å². The molecule has 9 heteroatoms. The molecule has 0 bridgehead atoms. The topological polar surface area (TPSA) is 123 Å². The van der Waals surface area contributed by atoms with Crippen molar-refractivity contribution >= 4 is 23.3 Å². The van der Waals surface area contributed by atoms with E-state index in [0.717, 1.165) is 5.56 Å². The molecule has 0 radical (unpaired) electrons. The molecule has 2 aromatic rings. The molecule has 0 saturated heterocycles. The second kappa shape index (κ2) is 8.64. The summed E-state index contributed by atoms with van der Waals surface area (Å²) < 4.78 is 5.61. The highest BCUT2D eigenvalue weighted by atomic mass is 16.6. The van der Waals surface area contributed by atoms with Crippen molar-refractivity contribution in [2.24, 2.45) is 0 Å². The number of ether oxygens (including phenoxy) is 1. The molecular weight excluding hydrogens is 388 g/mol. The summed E-state index contributed by atoms with van der Waals surface area (Å²) in [6, 6.07) is 9.96. The van der Waals surface area contributed by atoms with E-state index in [2.05, 4.69) is 16.0 Å². The fourth-order valence-electron chi connectivity index (χ4n) is 3.29. The van der Waals surface area contributed by atoms with Crippen LogP contribution in [0.5, 0.6) is 5.75 Å². The summed E-state index contributed by atoms with van der Waals surface area (Å²) in [6.45, 7) is 5.56. The first kappa shape index (κ1) is 20.8. The first-order valence-electron chi connectivity index (χ1n) is 9.38. The Bertz CT molecular complexity index is 1050.